The Hall–Kier alpha value is -2.47. The van der Waals surface area contributed by atoms with E-state index in [1.165, 1.54) is 12.3 Å². The summed E-state index contributed by atoms with van der Waals surface area (Å²) in [5.41, 5.74) is 13.3. The third-order valence-corrected chi connectivity index (χ3v) is 11.2. The van der Waals surface area contributed by atoms with E-state index in [-0.39, 0.29) is 29.2 Å². The normalized spacial score (nSPS) is 33.4. The van der Waals surface area contributed by atoms with Gasteiger partial charge in [0.2, 0.25) is 5.91 Å². The van der Waals surface area contributed by atoms with Crippen LogP contribution in [0.5, 0.6) is 0 Å². The first-order valence-electron chi connectivity index (χ1n) is 16.8. The smallest absolute Gasteiger partial charge is 0.254 e. The van der Waals surface area contributed by atoms with E-state index >= 15 is 4.39 Å². The maximum absolute atomic E-state index is 15.8. The lowest BCUT2D eigenvalue weighted by atomic mass is 9.72. The molecule has 9 nitrogen and oxygen atoms in total. The van der Waals surface area contributed by atoms with Crippen LogP contribution in [0.2, 0.25) is 0 Å². The van der Waals surface area contributed by atoms with E-state index in [1.54, 1.807) is 12.1 Å². The highest BCUT2D eigenvalue weighted by Gasteiger charge is 2.43. The fourth-order valence-electron chi connectivity index (χ4n) is 8.67. The van der Waals surface area contributed by atoms with Crippen molar-refractivity contribution in [2.24, 2.45) is 27.8 Å². The van der Waals surface area contributed by atoms with Crippen molar-refractivity contribution in [2.75, 3.05) is 39.3 Å². The Morgan fingerprint density at radius 1 is 1.05 bits per heavy atom. The summed E-state index contributed by atoms with van der Waals surface area (Å²) in [5, 5.41) is 6.46. The number of benzene rings is 1. The number of nitrogens with one attached hydrogen (secondary N) is 2. The largest absolute Gasteiger partial charge is 0.351 e. The van der Waals surface area contributed by atoms with E-state index in [0.717, 1.165) is 64.6 Å². The molecule has 1 aliphatic carbocycles. The van der Waals surface area contributed by atoms with Crippen LogP contribution < -0.4 is 22.1 Å². The van der Waals surface area contributed by atoms with Gasteiger partial charge in [0, 0.05) is 62.5 Å². The Kier molecular flexibility index (Phi) is 9.66. The molecule has 5 atom stereocenters. The van der Waals surface area contributed by atoms with Gasteiger partial charge in [0.15, 0.2) is 0 Å². The first kappa shape index (κ1) is 31.5. The number of halogens is 2. The molecule has 7 rings (SSSR count). The predicted octanol–water partition coefficient (Wildman–Crippen LogP) is 2.69. The van der Waals surface area contributed by atoms with Crippen LogP contribution in [-0.4, -0.2) is 97.6 Å². The van der Waals surface area contributed by atoms with Crippen molar-refractivity contribution in [1.82, 2.24) is 20.4 Å². The second-order valence-electron chi connectivity index (χ2n) is 14.0. The molecule has 1 saturated carbocycles. The van der Waals surface area contributed by atoms with Gasteiger partial charge in [0.05, 0.1) is 18.1 Å². The molecule has 44 heavy (non-hydrogen) atoms. The monoisotopic (exact) mass is 613 g/mol. The van der Waals surface area contributed by atoms with Gasteiger partial charge in [0.1, 0.15) is 12.0 Å². The summed E-state index contributed by atoms with van der Waals surface area (Å²) in [6.07, 6.45) is 7.81. The van der Waals surface area contributed by atoms with Crippen LogP contribution in [0.25, 0.3) is 0 Å². The van der Waals surface area contributed by atoms with Crippen molar-refractivity contribution < 1.29 is 18.4 Å². The van der Waals surface area contributed by atoms with E-state index in [1.807, 2.05) is 4.90 Å². The second-order valence-corrected chi connectivity index (χ2v) is 14.0. The van der Waals surface area contributed by atoms with Crippen molar-refractivity contribution >= 4 is 18.0 Å². The van der Waals surface area contributed by atoms with Crippen molar-refractivity contribution in [3.63, 3.8) is 0 Å². The van der Waals surface area contributed by atoms with E-state index in [4.69, 9.17) is 11.5 Å². The molecule has 242 valence electrons. The average molecular weight is 614 g/mol. The molecule has 5 aliphatic heterocycles. The van der Waals surface area contributed by atoms with Gasteiger partial charge in [-0.2, -0.15) is 0 Å². The van der Waals surface area contributed by atoms with Gasteiger partial charge in [-0.05, 0) is 81.0 Å². The highest BCUT2D eigenvalue weighted by molar-refractivity contribution is 5.94. The number of alkyl halides is 1. The summed E-state index contributed by atoms with van der Waals surface area (Å²) >= 11 is 0. The van der Waals surface area contributed by atoms with E-state index in [9.17, 15) is 14.0 Å². The minimum absolute atomic E-state index is 0.0398. The van der Waals surface area contributed by atoms with Crippen LogP contribution in [0.4, 0.5) is 8.78 Å². The van der Waals surface area contributed by atoms with E-state index < -0.39 is 36.2 Å². The molecule has 1 aromatic carbocycles. The Bertz CT molecular complexity index is 1210. The van der Waals surface area contributed by atoms with Crippen LogP contribution in [0.1, 0.15) is 86.0 Å². The molecular formula is C33H49F2N7O2. The van der Waals surface area contributed by atoms with Crippen LogP contribution in [-0.2, 0) is 4.79 Å². The Labute approximate surface area is 259 Å². The number of hydrogen-bond donors (Lipinski definition) is 4. The highest BCUT2D eigenvalue weighted by Crippen LogP contribution is 2.48. The number of nitrogens with two attached hydrogens (primary N) is 2. The standard InChI is InChI=1S/C33H49F2N7O2/c34-22-5-11-33(9-1-2-10-33)18-27(39-19-22)29(30(36)37)31(43)40-28-20-38-12-6-25(28)24-4-3-21(17-26(24)35)32(44)42-16-15-41-13-7-23(42)8-14-41/h3-4,17,19,22-23,25,27-30,38H,1-2,5-16,18,20,36-37H2,(H,40,43)/b39-19-. The summed E-state index contributed by atoms with van der Waals surface area (Å²) in [6, 6.07) is 4.09. The molecule has 6 N–H and O–H groups in total. The highest BCUT2D eigenvalue weighted by atomic mass is 19.1. The zero-order valence-corrected chi connectivity index (χ0v) is 25.7. The van der Waals surface area contributed by atoms with Crippen molar-refractivity contribution in [3.05, 3.63) is 35.1 Å². The molecule has 5 fully saturated rings. The number of amides is 2. The summed E-state index contributed by atoms with van der Waals surface area (Å²) in [6.45, 7) is 4.66. The summed E-state index contributed by atoms with van der Waals surface area (Å²) < 4.78 is 30.4. The molecule has 11 heteroatoms. The van der Waals surface area contributed by atoms with Gasteiger partial charge >= 0.3 is 0 Å². The molecule has 0 radical (unpaired) electrons. The van der Waals surface area contributed by atoms with Crippen LogP contribution in [0.3, 0.4) is 0 Å². The fourth-order valence-corrected chi connectivity index (χ4v) is 8.67. The number of rotatable bonds is 6. The number of aliphatic imine (C=N–C) groups is 1. The summed E-state index contributed by atoms with van der Waals surface area (Å²) in [7, 11) is 0. The van der Waals surface area contributed by atoms with Gasteiger partial charge in [-0.3, -0.25) is 14.6 Å². The zero-order chi connectivity index (χ0) is 30.8. The predicted molar refractivity (Wildman–Crippen MR) is 167 cm³/mol. The summed E-state index contributed by atoms with van der Waals surface area (Å²) in [4.78, 5) is 36.2. The lowest BCUT2D eigenvalue weighted by molar-refractivity contribution is -0.127. The molecule has 0 aromatic heterocycles. The molecule has 2 bridgehead atoms. The number of hydrogen-bond acceptors (Lipinski definition) is 7. The van der Waals surface area contributed by atoms with E-state index in [0.29, 0.717) is 50.0 Å². The molecule has 1 aromatic rings. The van der Waals surface area contributed by atoms with Gasteiger partial charge < -0.3 is 31.9 Å². The first-order valence-corrected chi connectivity index (χ1v) is 16.8. The number of fused-ring (bicyclic) bond motifs is 4. The maximum atomic E-state index is 15.8. The van der Waals surface area contributed by atoms with Crippen molar-refractivity contribution in [1.29, 1.82) is 0 Å². The molecule has 5 heterocycles. The average Bonchev–Trinajstić information content (AvgIpc) is 3.26. The van der Waals surface area contributed by atoms with Crippen molar-refractivity contribution in [2.45, 2.75) is 101 Å². The minimum atomic E-state index is -1.15. The molecule has 1 spiro atoms. The lowest BCUT2D eigenvalue weighted by Crippen LogP contribution is -2.57. The lowest BCUT2D eigenvalue weighted by Gasteiger charge is -2.39. The first-order chi connectivity index (χ1) is 21.2. The third-order valence-electron chi connectivity index (χ3n) is 11.2. The maximum Gasteiger partial charge on any atom is 0.254 e. The Morgan fingerprint density at radius 2 is 1.82 bits per heavy atom. The minimum Gasteiger partial charge on any atom is -0.351 e. The SMILES string of the molecule is NC(N)C(C(=O)NC1CNCCC1c1ccc(C(=O)N2CCN3CCC2CC3)cc1F)C1CC2(CCCC2)CCC(F)/C=N\1. The fraction of sp³-hybridized carbons (Fsp3) is 0.727. The van der Waals surface area contributed by atoms with Gasteiger partial charge in [-0.1, -0.05) is 18.9 Å². The summed E-state index contributed by atoms with van der Waals surface area (Å²) in [5.74, 6) is -2.00. The number of carbonyl (C=O) groups is 2. The third kappa shape index (κ3) is 6.71. The number of nitrogens with zero attached hydrogens (tertiary/aromatic N) is 3. The number of piperidine rings is 2. The Morgan fingerprint density at radius 3 is 2.55 bits per heavy atom. The quantitative estimate of drug-likeness (QED) is 0.366. The van der Waals surface area contributed by atoms with Gasteiger partial charge in [-0.15, -0.1) is 0 Å². The van der Waals surface area contributed by atoms with Crippen LogP contribution in [0, 0.1) is 17.2 Å². The zero-order valence-electron chi connectivity index (χ0n) is 25.7. The molecule has 5 unspecified atom stereocenters. The van der Waals surface area contributed by atoms with Gasteiger partial charge in [-0.25, -0.2) is 8.78 Å². The Balaban J connectivity index is 1.18. The van der Waals surface area contributed by atoms with Gasteiger partial charge in [0.25, 0.3) is 5.91 Å². The molecule has 6 aliphatic rings. The van der Waals surface area contributed by atoms with Crippen LogP contribution >= 0.6 is 0 Å². The molecular weight excluding hydrogens is 564 g/mol. The van der Waals surface area contributed by atoms with Crippen molar-refractivity contribution in [3.8, 4) is 0 Å². The number of carbonyl (C=O) groups excluding carboxylic acids is 2. The van der Waals surface area contributed by atoms with Crippen LogP contribution in [0.15, 0.2) is 23.2 Å². The molecule has 4 saturated heterocycles. The van der Waals surface area contributed by atoms with E-state index in [2.05, 4.69) is 20.5 Å². The second kappa shape index (κ2) is 13.5. The topological polar surface area (TPSA) is 129 Å². The molecule has 2 amide bonds.